The fourth-order valence-electron chi connectivity index (χ4n) is 2.09. The number of nitro benzene ring substituents is 1. The van der Waals surface area contributed by atoms with Crippen LogP contribution in [0, 0.1) is 10.1 Å². The van der Waals surface area contributed by atoms with Gasteiger partial charge in [-0.05, 0) is 18.2 Å². The second-order valence-corrected chi connectivity index (χ2v) is 6.19. The van der Waals surface area contributed by atoms with Crippen LogP contribution in [0.2, 0.25) is 10.0 Å². The van der Waals surface area contributed by atoms with Gasteiger partial charge in [-0.25, -0.2) is 9.59 Å². The molecule has 1 N–H and O–H groups in total. The summed E-state index contributed by atoms with van der Waals surface area (Å²) in [6.45, 7) is 0. The molecule has 152 valence electrons. The molecule has 2 rings (SSSR count). The van der Waals surface area contributed by atoms with Gasteiger partial charge in [0.1, 0.15) is 17.2 Å². The summed E-state index contributed by atoms with van der Waals surface area (Å²) >= 11 is 11.9. The van der Waals surface area contributed by atoms with Gasteiger partial charge >= 0.3 is 11.9 Å². The first-order chi connectivity index (χ1) is 13.7. The van der Waals surface area contributed by atoms with E-state index in [9.17, 15) is 19.7 Å². The van der Waals surface area contributed by atoms with Gasteiger partial charge in [0, 0.05) is 22.8 Å². The molecular formula is C18H14Cl2N2O7. The Morgan fingerprint density at radius 2 is 1.83 bits per heavy atom. The van der Waals surface area contributed by atoms with Crippen molar-refractivity contribution in [3.05, 3.63) is 68.3 Å². The number of anilines is 1. The molecule has 11 heteroatoms. The van der Waals surface area contributed by atoms with Gasteiger partial charge in [-0.1, -0.05) is 23.2 Å². The molecule has 29 heavy (non-hydrogen) atoms. The molecule has 0 aliphatic carbocycles. The van der Waals surface area contributed by atoms with Crippen LogP contribution in [0.5, 0.6) is 11.5 Å². The minimum absolute atomic E-state index is 0.0493. The lowest BCUT2D eigenvalue weighted by atomic mass is 10.2. The molecule has 0 radical (unpaired) electrons. The average Bonchev–Trinajstić information content (AvgIpc) is 2.68. The van der Waals surface area contributed by atoms with E-state index in [-0.39, 0.29) is 33.6 Å². The molecule has 0 atom stereocenters. The highest BCUT2D eigenvalue weighted by atomic mass is 35.5. The number of halogens is 2. The Morgan fingerprint density at radius 1 is 1.10 bits per heavy atom. The fourth-order valence-corrected chi connectivity index (χ4v) is 2.54. The van der Waals surface area contributed by atoms with Crippen LogP contribution in [-0.4, -0.2) is 31.1 Å². The lowest BCUT2D eigenvalue weighted by molar-refractivity contribution is -0.384. The maximum atomic E-state index is 11.9. The standard InChI is InChI=1S/C18H14Cl2N2O7/c1-27-17(23)9-15(18(24)28-2)21-11-6-12(22(25)26)8-13(7-11)29-16-4-3-10(19)5-14(16)20/h3-9,21H,1-2H3/b15-9+. The van der Waals surface area contributed by atoms with Crippen LogP contribution in [0.4, 0.5) is 11.4 Å². The van der Waals surface area contributed by atoms with Gasteiger partial charge in [0.15, 0.2) is 0 Å². The van der Waals surface area contributed by atoms with E-state index in [0.717, 1.165) is 32.4 Å². The summed E-state index contributed by atoms with van der Waals surface area (Å²) in [5.74, 6) is -1.45. The summed E-state index contributed by atoms with van der Waals surface area (Å²) in [6, 6.07) is 8.15. The summed E-state index contributed by atoms with van der Waals surface area (Å²) < 4.78 is 14.7. The van der Waals surface area contributed by atoms with Gasteiger partial charge < -0.3 is 19.5 Å². The highest BCUT2D eigenvalue weighted by Crippen LogP contribution is 2.34. The largest absolute Gasteiger partial charge is 0.466 e. The first-order valence-corrected chi connectivity index (χ1v) is 8.56. The predicted molar refractivity (Wildman–Crippen MR) is 105 cm³/mol. The Hall–Kier alpha value is -3.30. The second kappa shape index (κ2) is 9.76. The summed E-state index contributed by atoms with van der Waals surface area (Å²) in [5, 5.41) is 14.4. The molecule has 0 amide bonds. The smallest absolute Gasteiger partial charge is 0.354 e. The number of rotatable bonds is 7. The maximum absolute atomic E-state index is 11.9. The molecule has 0 unspecified atom stereocenters. The fraction of sp³-hybridized carbons (Fsp3) is 0.111. The minimum atomic E-state index is -0.884. The second-order valence-electron chi connectivity index (χ2n) is 5.35. The van der Waals surface area contributed by atoms with E-state index in [1.165, 1.54) is 24.3 Å². The van der Waals surface area contributed by atoms with E-state index in [0.29, 0.717) is 5.02 Å². The van der Waals surface area contributed by atoms with Crippen molar-refractivity contribution < 1.29 is 28.7 Å². The van der Waals surface area contributed by atoms with E-state index in [1.54, 1.807) is 0 Å². The summed E-state index contributed by atoms with van der Waals surface area (Å²) in [6.07, 6.45) is 0.848. The van der Waals surface area contributed by atoms with E-state index in [4.69, 9.17) is 27.9 Å². The molecule has 2 aromatic rings. The predicted octanol–water partition coefficient (Wildman–Crippen LogP) is 4.34. The molecule has 0 saturated heterocycles. The van der Waals surface area contributed by atoms with Crippen molar-refractivity contribution in [2.45, 2.75) is 0 Å². The third-order valence-electron chi connectivity index (χ3n) is 3.37. The topological polar surface area (TPSA) is 117 Å². The van der Waals surface area contributed by atoms with Gasteiger partial charge in [-0.3, -0.25) is 10.1 Å². The Labute approximate surface area is 174 Å². The van der Waals surface area contributed by atoms with Crippen molar-refractivity contribution in [1.82, 2.24) is 0 Å². The third kappa shape index (κ3) is 6.09. The highest BCUT2D eigenvalue weighted by Gasteiger charge is 2.17. The molecule has 0 spiro atoms. The van der Waals surface area contributed by atoms with Crippen molar-refractivity contribution in [2.75, 3.05) is 19.5 Å². The zero-order chi connectivity index (χ0) is 21.6. The van der Waals surface area contributed by atoms with Crippen LogP contribution < -0.4 is 10.1 Å². The Kier molecular flexibility index (Phi) is 7.40. The van der Waals surface area contributed by atoms with Crippen molar-refractivity contribution >= 4 is 46.5 Å². The lowest BCUT2D eigenvalue weighted by Crippen LogP contribution is -2.15. The molecule has 0 aromatic heterocycles. The number of benzene rings is 2. The molecule has 0 bridgehead atoms. The molecule has 0 heterocycles. The third-order valence-corrected chi connectivity index (χ3v) is 3.90. The zero-order valence-corrected chi connectivity index (χ0v) is 16.6. The van der Waals surface area contributed by atoms with E-state index >= 15 is 0 Å². The quantitative estimate of drug-likeness (QED) is 0.292. The van der Waals surface area contributed by atoms with Crippen LogP contribution in [-0.2, 0) is 19.1 Å². The highest BCUT2D eigenvalue weighted by molar-refractivity contribution is 6.35. The number of methoxy groups -OCH3 is 2. The monoisotopic (exact) mass is 440 g/mol. The SMILES string of the molecule is COC(=O)/C=C(/Nc1cc(Oc2ccc(Cl)cc2Cl)cc([N+](=O)[O-])c1)C(=O)OC. The number of esters is 2. The molecular weight excluding hydrogens is 427 g/mol. The van der Waals surface area contributed by atoms with Crippen molar-refractivity contribution in [3.63, 3.8) is 0 Å². The maximum Gasteiger partial charge on any atom is 0.354 e. The van der Waals surface area contributed by atoms with Crippen molar-refractivity contribution in [1.29, 1.82) is 0 Å². The van der Waals surface area contributed by atoms with E-state index in [1.807, 2.05) is 0 Å². The molecule has 0 aliphatic heterocycles. The number of carbonyl (C=O) groups is 2. The van der Waals surface area contributed by atoms with E-state index < -0.39 is 16.9 Å². The summed E-state index contributed by atoms with van der Waals surface area (Å²) in [5.41, 5.74) is -0.549. The van der Waals surface area contributed by atoms with Gasteiger partial charge in [0.2, 0.25) is 0 Å². The summed E-state index contributed by atoms with van der Waals surface area (Å²) in [4.78, 5) is 34.0. The number of nitrogens with zero attached hydrogens (tertiary/aromatic N) is 1. The Morgan fingerprint density at radius 3 is 2.41 bits per heavy atom. The first-order valence-electron chi connectivity index (χ1n) is 7.81. The van der Waals surface area contributed by atoms with Crippen molar-refractivity contribution in [2.24, 2.45) is 0 Å². The Balaban J connectivity index is 2.43. The lowest BCUT2D eigenvalue weighted by Gasteiger charge is -2.12. The molecule has 0 aliphatic rings. The van der Waals surface area contributed by atoms with Gasteiger partial charge in [-0.2, -0.15) is 0 Å². The van der Waals surface area contributed by atoms with Crippen LogP contribution in [0.3, 0.4) is 0 Å². The number of nitrogens with one attached hydrogen (secondary N) is 1. The molecule has 0 saturated carbocycles. The number of hydrogen-bond donors (Lipinski definition) is 1. The molecule has 9 nitrogen and oxygen atoms in total. The number of carbonyl (C=O) groups excluding carboxylic acids is 2. The normalized spacial score (nSPS) is 10.8. The van der Waals surface area contributed by atoms with Crippen LogP contribution in [0.1, 0.15) is 0 Å². The van der Waals surface area contributed by atoms with Gasteiger partial charge in [0.25, 0.3) is 5.69 Å². The zero-order valence-electron chi connectivity index (χ0n) is 15.1. The minimum Gasteiger partial charge on any atom is -0.466 e. The number of nitro groups is 1. The van der Waals surface area contributed by atoms with Gasteiger partial charge in [-0.15, -0.1) is 0 Å². The number of ether oxygens (including phenoxy) is 3. The first kappa shape index (κ1) is 22.0. The Bertz CT molecular complexity index is 992. The van der Waals surface area contributed by atoms with Crippen LogP contribution >= 0.6 is 23.2 Å². The van der Waals surface area contributed by atoms with Crippen LogP contribution in [0.15, 0.2) is 48.2 Å². The number of hydrogen-bond acceptors (Lipinski definition) is 8. The summed E-state index contributed by atoms with van der Waals surface area (Å²) in [7, 11) is 2.24. The number of non-ortho nitro benzene ring substituents is 1. The average molecular weight is 441 g/mol. The van der Waals surface area contributed by atoms with E-state index in [2.05, 4.69) is 14.8 Å². The molecule has 2 aromatic carbocycles. The molecule has 0 fully saturated rings. The van der Waals surface area contributed by atoms with Crippen LogP contribution in [0.25, 0.3) is 0 Å². The van der Waals surface area contributed by atoms with Crippen molar-refractivity contribution in [3.8, 4) is 11.5 Å². The van der Waals surface area contributed by atoms with Gasteiger partial charge in [0.05, 0.1) is 36.3 Å².